The molecule has 0 saturated heterocycles. The Labute approximate surface area is 318 Å². The van der Waals surface area contributed by atoms with E-state index >= 15 is 0 Å². The van der Waals surface area contributed by atoms with Gasteiger partial charge in [0.1, 0.15) is 23.5 Å². The van der Waals surface area contributed by atoms with Crippen LogP contribution in [-0.2, 0) is 6.54 Å². The quantitative estimate of drug-likeness (QED) is 0.116. The number of pyridine rings is 1. The first-order valence-electron chi connectivity index (χ1n) is 16.2. The molecule has 5 aromatic rings. The Bertz CT molecular complexity index is 1880. The number of thioether (sulfide) groups is 1. The van der Waals surface area contributed by atoms with E-state index in [0.29, 0.717) is 0 Å². The molecule has 8 heteroatoms. The number of benzene rings is 4. The number of halogens is 2. The average Bonchev–Trinajstić information content (AvgIpc) is 3.37. The molecule has 0 fully saturated rings. The van der Waals surface area contributed by atoms with Crippen LogP contribution in [0.25, 0.3) is 22.7 Å². The van der Waals surface area contributed by atoms with Crippen LogP contribution in [0.15, 0.2) is 113 Å². The summed E-state index contributed by atoms with van der Waals surface area (Å²) in [4.78, 5) is 6.14. The van der Waals surface area contributed by atoms with E-state index < -0.39 is 0 Å². The average molecular weight is 838 g/mol. The van der Waals surface area contributed by atoms with Gasteiger partial charge < -0.3 is 55.1 Å². The monoisotopic (exact) mass is 836 g/mol. The molecule has 48 heavy (non-hydrogen) atoms. The minimum atomic E-state index is 0. The number of rotatable bonds is 11. The van der Waals surface area contributed by atoms with Crippen LogP contribution in [0.2, 0.25) is 0 Å². The summed E-state index contributed by atoms with van der Waals surface area (Å²) in [5, 5.41) is 2.41. The van der Waals surface area contributed by atoms with Crippen molar-refractivity contribution in [2.45, 2.75) is 31.7 Å². The Balaban J connectivity index is 0.00000260. The van der Waals surface area contributed by atoms with Crippen LogP contribution in [0.4, 0.5) is 11.5 Å². The summed E-state index contributed by atoms with van der Waals surface area (Å²) in [7, 11) is 8.61. The van der Waals surface area contributed by atoms with Gasteiger partial charge in [-0.2, -0.15) is 4.57 Å². The van der Waals surface area contributed by atoms with E-state index in [9.17, 15) is 0 Å². The molecule has 1 aliphatic heterocycles. The molecule has 0 unspecified atom stereocenters. The van der Waals surface area contributed by atoms with E-state index in [4.69, 9.17) is 4.74 Å². The second-order valence-corrected chi connectivity index (χ2v) is 13.9. The lowest BCUT2D eigenvalue weighted by Gasteiger charge is -2.30. The topological polar surface area (TPSA) is 19.6 Å². The summed E-state index contributed by atoms with van der Waals surface area (Å²) in [5.41, 5.74) is 7.45. The molecule has 1 aliphatic rings. The lowest BCUT2D eigenvalue weighted by Crippen LogP contribution is -3.00. The SMILES string of the molecule is CCN(CCC[N+](C)(C)Cc1cccc(C)c1)c1cc(C=C2Sc3ccccc3N2C)c2ccc(OC)cc2[n+]1-c1ccccc1.[Br-].[I-]. The number of quaternary nitrogens is 1. The molecule has 0 spiro atoms. The van der Waals surface area contributed by atoms with Crippen LogP contribution in [0.1, 0.15) is 30.0 Å². The molecule has 0 N–H and O–H groups in total. The first kappa shape index (κ1) is 37.8. The van der Waals surface area contributed by atoms with Gasteiger partial charge in [-0.25, -0.2) is 0 Å². The van der Waals surface area contributed by atoms with Crippen molar-refractivity contribution < 1.29 is 54.7 Å². The fourth-order valence-electron chi connectivity index (χ4n) is 6.56. The molecule has 252 valence electrons. The molecule has 0 saturated carbocycles. The van der Waals surface area contributed by atoms with Gasteiger partial charge in [0.05, 0.1) is 51.6 Å². The molecule has 0 atom stereocenters. The second kappa shape index (κ2) is 16.6. The van der Waals surface area contributed by atoms with Crippen molar-refractivity contribution in [1.82, 2.24) is 0 Å². The van der Waals surface area contributed by atoms with Crippen molar-refractivity contribution in [2.24, 2.45) is 0 Å². The Morgan fingerprint density at radius 2 is 1.67 bits per heavy atom. The van der Waals surface area contributed by atoms with Gasteiger partial charge in [0.2, 0.25) is 0 Å². The zero-order valence-corrected chi connectivity index (χ0v) is 33.3. The lowest BCUT2D eigenvalue weighted by atomic mass is 10.1. The number of methoxy groups -OCH3 is 1. The molecule has 0 aliphatic carbocycles. The molecule has 0 amide bonds. The fourth-order valence-corrected chi connectivity index (χ4v) is 7.66. The van der Waals surface area contributed by atoms with Crippen LogP contribution in [0, 0.1) is 6.92 Å². The molecule has 5 nitrogen and oxygen atoms in total. The summed E-state index contributed by atoms with van der Waals surface area (Å²) in [6, 6.07) is 37.2. The fraction of sp³-hybridized carbons (Fsp3) is 0.275. The van der Waals surface area contributed by atoms with Crippen molar-refractivity contribution in [3.05, 3.63) is 125 Å². The lowest BCUT2D eigenvalue weighted by molar-refractivity contribution is -0.903. The van der Waals surface area contributed by atoms with E-state index in [1.54, 1.807) is 7.11 Å². The Kier molecular flexibility index (Phi) is 13.0. The summed E-state index contributed by atoms with van der Waals surface area (Å²) in [6.07, 6.45) is 3.44. The maximum Gasteiger partial charge on any atom is 0.282 e. The molecule has 0 bridgehead atoms. The Hall–Kier alpha value is -3.05. The minimum Gasteiger partial charge on any atom is -1.00 e. The van der Waals surface area contributed by atoms with Crippen LogP contribution in [-0.4, -0.2) is 52.4 Å². The van der Waals surface area contributed by atoms with Crippen molar-refractivity contribution in [3.8, 4) is 11.4 Å². The third-order valence-corrected chi connectivity index (χ3v) is 10.1. The molecule has 4 aromatic carbocycles. The molecular weight excluding hydrogens is 791 g/mol. The summed E-state index contributed by atoms with van der Waals surface area (Å²) in [5.74, 6) is 2.04. The van der Waals surface area contributed by atoms with Gasteiger partial charge in [-0.1, -0.05) is 71.9 Å². The van der Waals surface area contributed by atoms with Crippen LogP contribution < -0.4 is 60.1 Å². The van der Waals surface area contributed by atoms with Crippen molar-refractivity contribution in [2.75, 3.05) is 57.7 Å². The van der Waals surface area contributed by atoms with E-state index in [0.717, 1.165) is 54.0 Å². The number of anilines is 2. The van der Waals surface area contributed by atoms with E-state index in [1.807, 2.05) is 11.8 Å². The smallest absolute Gasteiger partial charge is 0.282 e. The van der Waals surface area contributed by atoms with Gasteiger partial charge in [-0.3, -0.25) is 4.90 Å². The first-order chi connectivity index (χ1) is 22.3. The van der Waals surface area contributed by atoms with Crippen LogP contribution in [0.5, 0.6) is 5.75 Å². The molecule has 1 aromatic heterocycles. The van der Waals surface area contributed by atoms with Crippen LogP contribution >= 0.6 is 11.8 Å². The number of aromatic nitrogens is 1. The van der Waals surface area contributed by atoms with Crippen LogP contribution in [0.3, 0.4) is 0 Å². The highest BCUT2D eigenvalue weighted by molar-refractivity contribution is 8.03. The van der Waals surface area contributed by atoms with E-state index in [-0.39, 0.29) is 41.0 Å². The second-order valence-electron chi connectivity index (χ2n) is 12.9. The maximum atomic E-state index is 5.77. The third-order valence-electron chi connectivity index (χ3n) is 8.93. The standard InChI is InChI=1S/C40H46N4OS.BrH.HI/c1-7-42(23-14-24-44(4,5)29-31-16-13-15-30(2)25-31)39-26-32(27-40-41(3)36-19-11-12-20-38(36)46-40)35-22-21-34(45-6)28-37(35)43(39)33-17-9-8-10-18-33;;/h8-13,15-22,25-28H,7,14,23-24,29H2,1-6H3;2*1H/q+2;;/p-2. The number of fused-ring (bicyclic) bond motifs is 2. The van der Waals surface area contributed by atoms with E-state index in [2.05, 4.69) is 159 Å². The van der Waals surface area contributed by atoms with Gasteiger partial charge in [-0.05, 0) is 61.9 Å². The highest BCUT2D eigenvalue weighted by atomic mass is 127. The van der Waals surface area contributed by atoms with Gasteiger partial charge in [0.15, 0.2) is 0 Å². The third kappa shape index (κ3) is 8.38. The number of para-hydroxylation sites is 2. The van der Waals surface area contributed by atoms with Crippen molar-refractivity contribution in [1.29, 1.82) is 0 Å². The Morgan fingerprint density at radius 3 is 2.38 bits per heavy atom. The number of nitrogens with zero attached hydrogens (tertiary/aromatic N) is 4. The molecule has 2 heterocycles. The maximum absolute atomic E-state index is 5.77. The summed E-state index contributed by atoms with van der Waals surface area (Å²) >= 11 is 1.83. The number of hydrogen-bond acceptors (Lipinski definition) is 4. The van der Waals surface area contributed by atoms with Crippen molar-refractivity contribution in [3.63, 3.8) is 0 Å². The zero-order chi connectivity index (χ0) is 32.3. The van der Waals surface area contributed by atoms with Gasteiger partial charge >= 0.3 is 0 Å². The van der Waals surface area contributed by atoms with Gasteiger partial charge in [-0.15, -0.1) is 0 Å². The number of aryl methyl sites for hydroxylation is 1. The number of hydrogen-bond donors (Lipinski definition) is 0. The summed E-state index contributed by atoms with van der Waals surface area (Å²) in [6.45, 7) is 8.43. The highest BCUT2D eigenvalue weighted by Gasteiger charge is 2.27. The molecule has 6 rings (SSSR count). The minimum absolute atomic E-state index is 0. The van der Waals surface area contributed by atoms with Gasteiger partial charge in [0, 0.05) is 41.4 Å². The molecular formula is C40H46BrIN4OS. The Morgan fingerprint density at radius 1 is 0.917 bits per heavy atom. The predicted molar refractivity (Wildman–Crippen MR) is 195 cm³/mol. The largest absolute Gasteiger partial charge is 1.00 e. The number of ether oxygens (including phenoxy) is 1. The normalized spacial score (nSPS) is 13.2. The van der Waals surface area contributed by atoms with Gasteiger partial charge in [0.25, 0.3) is 5.82 Å². The first-order valence-corrected chi connectivity index (χ1v) is 17.0. The zero-order valence-electron chi connectivity index (χ0n) is 28.8. The summed E-state index contributed by atoms with van der Waals surface area (Å²) < 4.78 is 9.14. The van der Waals surface area contributed by atoms with E-state index in [1.165, 1.54) is 43.5 Å². The van der Waals surface area contributed by atoms with Crippen molar-refractivity contribution >= 4 is 40.2 Å². The molecule has 0 radical (unpaired) electrons. The highest BCUT2D eigenvalue weighted by Crippen LogP contribution is 2.46. The predicted octanol–water partition coefficient (Wildman–Crippen LogP) is 2.48.